The fourth-order valence-corrected chi connectivity index (χ4v) is 2.09. The van der Waals surface area contributed by atoms with Crippen LogP contribution in [0.2, 0.25) is 0 Å². The van der Waals surface area contributed by atoms with E-state index in [1.54, 1.807) is 25.3 Å². The summed E-state index contributed by atoms with van der Waals surface area (Å²) in [5.41, 5.74) is 7.38. The second kappa shape index (κ2) is 6.43. The topological polar surface area (TPSA) is 61.5 Å². The predicted octanol–water partition coefficient (Wildman–Crippen LogP) is 3.40. The molecule has 0 amide bonds. The van der Waals surface area contributed by atoms with E-state index in [4.69, 9.17) is 15.2 Å². The number of nitrogens with two attached hydrogens (primary N) is 1. The maximum atomic E-state index is 12.0. The molecule has 2 rings (SSSR count). The molecule has 0 saturated carbocycles. The summed E-state index contributed by atoms with van der Waals surface area (Å²) in [4.78, 5) is 12.0. The fourth-order valence-electron chi connectivity index (χ4n) is 1.71. The first kappa shape index (κ1) is 14.4. The summed E-state index contributed by atoms with van der Waals surface area (Å²) in [6.07, 6.45) is 0. The molecule has 0 heterocycles. The number of methoxy groups -OCH3 is 1. The minimum atomic E-state index is -0.446. The van der Waals surface area contributed by atoms with E-state index < -0.39 is 5.97 Å². The Kier molecular flexibility index (Phi) is 4.63. The van der Waals surface area contributed by atoms with Crippen LogP contribution in [0.1, 0.15) is 15.9 Å². The molecule has 0 aliphatic carbocycles. The molecule has 0 atom stereocenters. The van der Waals surface area contributed by atoms with Gasteiger partial charge in [0.15, 0.2) is 0 Å². The fraction of sp³-hybridized carbons (Fsp3) is 0.133. The van der Waals surface area contributed by atoms with E-state index >= 15 is 0 Å². The van der Waals surface area contributed by atoms with Crippen molar-refractivity contribution in [3.05, 3.63) is 58.1 Å². The Morgan fingerprint density at radius 2 is 2.05 bits per heavy atom. The quantitative estimate of drug-likeness (QED) is 0.687. The van der Waals surface area contributed by atoms with Gasteiger partial charge in [0.2, 0.25) is 0 Å². The molecule has 2 aromatic carbocycles. The smallest absolute Gasteiger partial charge is 0.340 e. The second-order valence-electron chi connectivity index (χ2n) is 4.16. The van der Waals surface area contributed by atoms with Crippen LogP contribution in [0.3, 0.4) is 0 Å². The monoisotopic (exact) mass is 335 g/mol. The average Bonchev–Trinajstić information content (AvgIpc) is 2.45. The second-order valence-corrected chi connectivity index (χ2v) is 5.07. The number of carbonyl (C=O) groups is 1. The SMILES string of the molecule is COc1cccc(COC(=O)c2ccc(Br)cc2N)c1. The minimum Gasteiger partial charge on any atom is -0.497 e. The number of anilines is 1. The number of hydrogen-bond donors (Lipinski definition) is 1. The Morgan fingerprint density at radius 1 is 1.25 bits per heavy atom. The Labute approximate surface area is 125 Å². The van der Waals surface area contributed by atoms with Crippen molar-refractivity contribution in [3.8, 4) is 5.75 Å². The van der Waals surface area contributed by atoms with Crippen molar-refractivity contribution in [3.63, 3.8) is 0 Å². The van der Waals surface area contributed by atoms with Gasteiger partial charge in [-0.1, -0.05) is 28.1 Å². The minimum absolute atomic E-state index is 0.172. The number of benzene rings is 2. The van der Waals surface area contributed by atoms with Crippen LogP contribution in [0.15, 0.2) is 46.9 Å². The number of esters is 1. The van der Waals surface area contributed by atoms with Gasteiger partial charge in [0, 0.05) is 10.2 Å². The summed E-state index contributed by atoms with van der Waals surface area (Å²) < 4.78 is 11.2. The molecule has 0 aliphatic heterocycles. The third-order valence-corrected chi connectivity index (χ3v) is 3.23. The highest BCUT2D eigenvalue weighted by molar-refractivity contribution is 9.10. The van der Waals surface area contributed by atoms with Crippen molar-refractivity contribution in [2.24, 2.45) is 0 Å². The van der Waals surface area contributed by atoms with Crippen LogP contribution in [-0.2, 0) is 11.3 Å². The van der Waals surface area contributed by atoms with Gasteiger partial charge in [-0.3, -0.25) is 0 Å². The Balaban J connectivity index is 2.04. The first-order valence-electron chi connectivity index (χ1n) is 5.95. The molecule has 0 aromatic heterocycles. The van der Waals surface area contributed by atoms with Crippen molar-refractivity contribution >= 4 is 27.6 Å². The third-order valence-electron chi connectivity index (χ3n) is 2.74. The van der Waals surface area contributed by atoms with Gasteiger partial charge in [0.1, 0.15) is 12.4 Å². The number of nitrogen functional groups attached to an aromatic ring is 1. The maximum Gasteiger partial charge on any atom is 0.340 e. The summed E-state index contributed by atoms with van der Waals surface area (Å²) in [6, 6.07) is 12.4. The van der Waals surface area contributed by atoms with E-state index in [0.717, 1.165) is 15.8 Å². The van der Waals surface area contributed by atoms with Crippen molar-refractivity contribution in [2.75, 3.05) is 12.8 Å². The van der Waals surface area contributed by atoms with Crippen LogP contribution in [0, 0.1) is 0 Å². The summed E-state index contributed by atoms with van der Waals surface area (Å²) in [6.45, 7) is 0.172. The maximum absolute atomic E-state index is 12.0. The molecule has 0 bridgehead atoms. The Morgan fingerprint density at radius 3 is 2.75 bits per heavy atom. The molecule has 2 aromatic rings. The lowest BCUT2D eigenvalue weighted by atomic mass is 10.2. The van der Waals surface area contributed by atoms with Gasteiger partial charge in [0.05, 0.1) is 12.7 Å². The number of ether oxygens (including phenoxy) is 2. The van der Waals surface area contributed by atoms with Crippen LogP contribution in [0.4, 0.5) is 5.69 Å². The molecular formula is C15H14BrNO3. The van der Waals surface area contributed by atoms with Crippen molar-refractivity contribution in [2.45, 2.75) is 6.61 Å². The molecule has 5 heteroatoms. The molecule has 0 saturated heterocycles. The zero-order valence-electron chi connectivity index (χ0n) is 10.9. The van der Waals surface area contributed by atoms with E-state index in [0.29, 0.717) is 11.3 Å². The number of rotatable bonds is 4. The highest BCUT2D eigenvalue weighted by Crippen LogP contribution is 2.20. The van der Waals surface area contributed by atoms with Crippen molar-refractivity contribution in [1.82, 2.24) is 0 Å². The number of halogens is 1. The highest BCUT2D eigenvalue weighted by atomic mass is 79.9. The lowest BCUT2D eigenvalue weighted by Gasteiger charge is -2.08. The lowest BCUT2D eigenvalue weighted by Crippen LogP contribution is -2.08. The molecule has 0 unspecified atom stereocenters. The van der Waals surface area contributed by atoms with E-state index in [1.807, 2.05) is 24.3 Å². The van der Waals surface area contributed by atoms with Gasteiger partial charge in [-0.15, -0.1) is 0 Å². The van der Waals surface area contributed by atoms with Crippen LogP contribution in [0.25, 0.3) is 0 Å². The Bertz CT molecular complexity index is 628. The number of carbonyl (C=O) groups excluding carboxylic acids is 1. The molecule has 0 radical (unpaired) electrons. The predicted molar refractivity (Wildman–Crippen MR) is 80.7 cm³/mol. The molecule has 104 valence electrons. The van der Waals surface area contributed by atoms with Crippen LogP contribution in [-0.4, -0.2) is 13.1 Å². The first-order valence-corrected chi connectivity index (χ1v) is 6.74. The normalized spacial score (nSPS) is 10.1. The average molecular weight is 336 g/mol. The summed E-state index contributed by atoms with van der Waals surface area (Å²) in [5.74, 6) is 0.277. The molecule has 0 aliphatic rings. The van der Waals surface area contributed by atoms with Gasteiger partial charge in [-0.25, -0.2) is 4.79 Å². The number of hydrogen-bond acceptors (Lipinski definition) is 4. The van der Waals surface area contributed by atoms with Crippen LogP contribution < -0.4 is 10.5 Å². The first-order chi connectivity index (χ1) is 9.60. The molecule has 20 heavy (non-hydrogen) atoms. The summed E-state index contributed by atoms with van der Waals surface area (Å²) in [7, 11) is 1.59. The standard InChI is InChI=1S/C15H14BrNO3/c1-19-12-4-2-3-10(7-12)9-20-15(18)13-6-5-11(16)8-14(13)17/h2-8H,9,17H2,1H3. The lowest BCUT2D eigenvalue weighted by molar-refractivity contribution is 0.0473. The van der Waals surface area contributed by atoms with E-state index in [1.165, 1.54) is 0 Å². The molecule has 2 N–H and O–H groups in total. The zero-order valence-corrected chi connectivity index (χ0v) is 12.5. The van der Waals surface area contributed by atoms with Crippen LogP contribution >= 0.6 is 15.9 Å². The Hall–Kier alpha value is -2.01. The summed E-state index contributed by atoms with van der Waals surface area (Å²) >= 11 is 3.29. The van der Waals surface area contributed by atoms with Gasteiger partial charge in [-0.2, -0.15) is 0 Å². The van der Waals surface area contributed by atoms with E-state index in [2.05, 4.69) is 15.9 Å². The van der Waals surface area contributed by atoms with E-state index in [-0.39, 0.29) is 6.61 Å². The highest BCUT2D eigenvalue weighted by Gasteiger charge is 2.11. The van der Waals surface area contributed by atoms with Gasteiger partial charge in [-0.05, 0) is 35.9 Å². The van der Waals surface area contributed by atoms with Gasteiger partial charge < -0.3 is 15.2 Å². The van der Waals surface area contributed by atoms with E-state index in [9.17, 15) is 4.79 Å². The zero-order chi connectivity index (χ0) is 14.5. The van der Waals surface area contributed by atoms with Crippen molar-refractivity contribution < 1.29 is 14.3 Å². The van der Waals surface area contributed by atoms with Crippen LogP contribution in [0.5, 0.6) is 5.75 Å². The van der Waals surface area contributed by atoms with Crippen molar-refractivity contribution in [1.29, 1.82) is 0 Å². The largest absolute Gasteiger partial charge is 0.497 e. The summed E-state index contributed by atoms with van der Waals surface area (Å²) in [5, 5.41) is 0. The molecule has 0 fully saturated rings. The van der Waals surface area contributed by atoms with Gasteiger partial charge >= 0.3 is 5.97 Å². The molecule has 4 nitrogen and oxygen atoms in total. The van der Waals surface area contributed by atoms with Gasteiger partial charge in [0.25, 0.3) is 0 Å². The molecule has 0 spiro atoms. The molecular weight excluding hydrogens is 322 g/mol. The third kappa shape index (κ3) is 3.51.